The quantitative estimate of drug-likeness (QED) is 0.795. The van der Waals surface area contributed by atoms with E-state index in [1.165, 1.54) is 43.1 Å². The van der Waals surface area contributed by atoms with Gasteiger partial charge in [0.2, 0.25) is 0 Å². The smallest absolute Gasteiger partial charge is 0.0634 e. The number of nitrogens with zero attached hydrogens (tertiary/aromatic N) is 2. The van der Waals surface area contributed by atoms with Crippen molar-refractivity contribution in [2.24, 2.45) is 5.92 Å². The number of likely N-dealkylation sites (tertiary alicyclic amines) is 1. The lowest BCUT2D eigenvalue weighted by Crippen LogP contribution is -2.49. The van der Waals surface area contributed by atoms with Gasteiger partial charge < -0.3 is 9.80 Å². The summed E-state index contributed by atoms with van der Waals surface area (Å²) in [7, 11) is 0. The summed E-state index contributed by atoms with van der Waals surface area (Å²) < 4.78 is 0. The van der Waals surface area contributed by atoms with Crippen LogP contribution in [0.1, 0.15) is 26.7 Å². The second-order valence-corrected chi connectivity index (χ2v) is 8.78. The van der Waals surface area contributed by atoms with E-state index in [2.05, 4.69) is 72.2 Å². The Morgan fingerprint density at radius 1 is 1.17 bits per heavy atom. The normalized spacial score (nSPS) is 29.6. The average Bonchev–Trinajstić information content (AvgIpc) is 2.62. The number of hydrogen-bond acceptors (Lipinski definition) is 3. The van der Waals surface area contributed by atoms with Gasteiger partial charge in [-0.1, -0.05) is 36.4 Å². The molecule has 2 heterocycles. The zero-order valence-electron chi connectivity index (χ0n) is 14.8. The standard InChI is InChI=1S/C21H28N2S/c1-16(2)22-13-7-8-17(14-22)15-23-18-9-3-5-11-20(18)24-21-12-6-4-10-19(21)23/h3-6,9-12,16-18,20H,7-8,13-15H2,1-2H3. The average molecular weight is 341 g/mol. The number of anilines is 1. The molecule has 1 aliphatic carbocycles. The number of para-hydroxylation sites is 1. The molecule has 1 fully saturated rings. The number of fused-ring (bicyclic) bond motifs is 2. The van der Waals surface area contributed by atoms with Gasteiger partial charge in [-0.05, 0) is 51.3 Å². The van der Waals surface area contributed by atoms with Gasteiger partial charge in [0.1, 0.15) is 0 Å². The van der Waals surface area contributed by atoms with Gasteiger partial charge in [0.25, 0.3) is 0 Å². The van der Waals surface area contributed by atoms with E-state index >= 15 is 0 Å². The van der Waals surface area contributed by atoms with Crippen LogP contribution in [-0.2, 0) is 0 Å². The van der Waals surface area contributed by atoms with Crippen molar-refractivity contribution in [3.63, 3.8) is 0 Å². The highest BCUT2D eigenvalue weighted by Crippen LogP contribution is 2.44. The molecule has 0 spiro atoms. The van der Waals surface area contributed by atoms with Crippen molar-refractivity contribution in [1.29, 1.82) is 0 Å². The van der Waals surface area contributed by atoms with Gasteiger partial charge in [0.05, 0.1) is 17.0 Å². The second kappa shape index (κ2) is 6.97. The third kappa shape index (κ3) is 3.16. The van der Waals surface area contributed by atoms with Crippen molar-refractivity contribution in [1.82, 2.24) is 4.90 Å². The first kappa shape index (κ1) is 16.3. The second-order valence-electron chi connectivity index (χ2n) is 7.56. The molecular formula is C21H28N2S. The fourth-order valence-electron chi connectivity index (χ4n) is 4.28. The predicted molar refractivity (Wildman–Crippen MR) is 105 cm³/mol. The number of rotatable bonds is 3. The lowest BCUT2D eigenvalue weighted by Gasteiger charge is -2.45. The summed E-state index contributed by atoms with van der Waals surface area (Å²) in [6, 6.07) is 10.1. The van der Waals surface area contributed by atoms with E-state index in [1.807, 2.05) is 11.8 Å². The Balaban J connectivity index is 1.58. The van der Waals surface area contributed by atoms with Crippen LogP contribution < -0.4 is 4.90 Å². The first-order valence-corrected chi connectivity index (χ1v) is 10.2. The van der Waals surface area contributed by atoms with Crippen molar-refractivity contribution >= 4 is 17.4 Å². The van der Waals surface area contributed by atoms with Crippen LogP contribution in [0.3, 0.4) is 0 Å². The van der Waals surface area contributed by atoms with Crippen LogP contribution in [0, 0.1) is 5.92 Å². The molecule has 0 N–H and O–H groups in total. The molecule has 1 saturated heterocycles. The molecule has 3 atom stereocenters. The molecule has 0 radical (unpaired) electrons. The third-order valence-electron chi connectivity index (χ3n) is 5.59. The SMILES string of the molecule is CC(C)N1CCCC(CN2c3ccccc3SC3C=CC=CC32)C1. The number of thioether (sulfide) groups is 1. The minimum atomic E-state index is 0.504. The van der Waals surface area contributed by atoms with Crippen molar-refractivity contribution < 1.29 is 0 Å². The molecule has 0 saturated carbocycles. The first-order chi connectivity index (χ1) is 11.7. The van der Waals surface area contributed by atoms with E-state index in [0.29, 0.717) is 17.3 Å². The molecule has 3 aliphatic rings. The van der Waals surface area contributed by atoms with Crippen LogP contribution in [0.2, 0.25) is 0 Å². The molecule has 4 rings (SSSR count). The molecule has 2 nitrogen and oxygen atoms in total. The Morgan fingerprint density at radius 2 is 2.00 bits per heavy atom. The summed E-state index contributed by atoms with van der Waals surface area (Å²) in [5.41, 5.74) is 1.44. The molecule has 1 aromatic carbocycles. The topological polar surface area (TPSA) is 6.48 Å². The first-order valence-electron chi connectivity index (χ1n) is 9.34. The van der Waals surface area contributed by atoms with E-state index in [0.717, 1.165) is 5.92 Å². The monoisotopic (exact) mass is 340 g/mol. The van der Waals surface area contributed by atoms with Crippen LogP contribution in [-0.4, -0.2) is 41.9 Å². The van der Waals surface area contributed by atoms with E-state index in [1.54, 1.807) is 0 Å². The Bertz CT molecular complexity index is 636. The fourth-order valence-corrected chi connectivity index (χ4v) is 5.58. The summed E-state index contributed by atoms with van der Waals surface area (Å²) in [6.07, 6.45) is 11.9. The van der Waals surface area contributed by atoms with Crippen LogP contribution >= 0.6 is 11.8 Å². The highest BCUT2D eigenvalue weighted by molar-refractivity contribution is 8.00. The molecule has 3 unspecified atom stereocenters. The summed E-state index contributed by atoms with van der Waals surface area (Å²) in [5.74, 6) is 0.775. The Kier molecular flexibility index (Phi) is 4.73. The summed E-state index contributed by atoms with van der Waals surface area (Å²) in [5, 5.41) is 0.551. The van der Waals surface area contributed by atoms with Gasteiger partial charge in [-0.25, -0.2) is 0 Å². The molecule has 24 heavy (non-hydrogen) atoms. The van der Waals surface area contributed by atoms with Gasteiger partial charge >= 0.3 is 0 Å². The lowest BCUT2D eigenvalue weighted by atomic mass is 9.94. The minimum Gasteiger partial charge on any atom is -0.362 e. The van der Waals surface area contributed by atoms with Gasteiger partial charge in [-0.2, -0.15) is 0 Å². The molecule has 0 amide bonds. The maximum Gasteiger partial charge on any atom is 0.0634 e. The van der Waals surface area contributed by atoms with Gasteiger partial charge in [0.15, 0.2) is 0 Å². The predicted octanol–water partition coefficient (Wildman–Crippen LogP) is 4.58. The zero-order chi connectivity index (χ0) is 16.5. The molecule has 2 aliphatic heterocycles. The molecule has 128 valence electrons. The number of benzene rings is 1. The van der Waals surface area contributed by atoms with Gasteiger partial charge in [0, 0.05) is 24.0 Å². The van der Waals surface area contributed by atoms with Gasteiger partial charge in [-0.15, -0.1) is 11.8 Å². The van der Waals surface area contributed by atoms with E-state index < -0.39 is 0 Å². The Labute approximate surface area is 150 Å². The third-order valence-corrected chi connectivity index (χ3v) is 6.90. The molecule has 0 aromatic heterocycles. The maximum absolute atomic E-state index is 2.69. The van der Waals surface area contributed by atoms with E-state index in [9.17, 15) is 0 Å². The maximum atomic E-state index is 2.69. The van der Waals surface area contributed by atoms with Crippen LogP contribution in [0.25, 0.3) is 0 Å². The number of allylic oxidation sites excluding steroid dienone is 2. The van der Waals surface area contributed by atoms with E-state index in [4.69, 9.17) is 0 Å². The largest absolute Gasteiger partial charge is 0.362 e. The van der Waals surface area contributed by atoms with E-state index in [-0.39, 0.29) is 0 Å². The van der Waals surface area contributed by atoms with Crippen molar-refractivity contribution in [2.75, 3.05) is 24.5 Å². The van der Waals surface area contributed by atoms with Gasteiger partial charge in [-0.3, -0.25) is 0 Å². The van der Waals surface area contributed by atoms with Crippen LogP contribution in [0.5, 0.6) is 0 Å². The summed E-state index contributed by atoms with van der Waals surface area (Å²) in [6.45, 7) is 8.37. The van der Waals surface area contributed by atoms with Crippen LogP contribution in [0.4, 0.5) is 5.69 Å². The summed E-state index contributed by atoms with van der Waals surface area (Å²) in [4.78, 5) is 6.79. The highest BCUT2D eigenvalue weighted by atomic mass is 32.2. The Morgan fingerprint density at radius 3 is 2.88 bits per heavy atom. The number of piperidine rings is 1. The highest BCUT2D eigenvalue weighted by Gasteiger charge is 2.34. The van der Waals surface area contributed by atoms with Crippen molar-refractivity contribution in [3.8, 4) is 0 Å². The zero-order valence-corrected chi connectivity index (χ0v) is 15.6. The molecular weight excluding hydrogens is 312 g/mol. The van der Waals surface area contributed by atoms with Crippen molar-refractivity contribution in [2.45, 2.75) is 48.9 Å². The summed E-state index contributed by atoms with van der Waals surface area (Å²) >= 11 is 2.02. The van der Waals surface area contributed by atoms with Crippen molar-refractivity contribution in [3.05, 3.63) is 48.6 Å². The minimum absolute atomic E-state index is 0.504. The molecule has 3 heteroatoms. The fraction of sp³-hybridized carbons (Fsp3) is 0.524. The Hall–Kier alpha value is -1.19. The van der Waals surface area contributed by atoms with Crippen LogP contribution in [0.15, 0.2) is 53.5 Å². The molecule has 1 aromatic rings. The molecule has 0 bridgehead atoms. The number of hydrogen-bond donors (Lipinski definition) is 0. The lowest BCUT2D eigenvalue weighted by molar-refractivity contribution is 0.141.